The highest BCUT2D eigenvalue weighted by molar-refractivity contribution is 5.90. The summed E-state index contributed by atoms with van der Waals surface area (Å²) in [4.78, 5) is 22.6. The molecule has 6 nitrogen and oxygen atoms in total. The zero-order valence-electron chi connectivity index (χ0n) is 9.95. The van der Waals surface area contributed by atoms with Crippen LogP contribution in [0, 0.1) is 0 Å². The Hall–Kier alpha value is -1.14. The molecule has 0 aliphatic heterocycles. The van der Waals surface area contributed by atoms with E-state index >= 15 is 0 Å². The van der Waals surface area contributed by atoms with Gasteiger partial charge in [-0.2, -0.15) is 0 Å². The van der Waals surface area contributed by atoms with Crippen LogP contribution in [0.5, 0.6) is 0 Å². The maximum absolute atomic E-state index is 11.5. The van der Waals surface area contributed by atoms with Crippen LogP contribution in [-0.2, 0) is 9.59 Å². The van der Waals surface area contributed by atoms with Gasteiger partial charge in [-0.15, -0.1) is 0 Å². The molecule has 0 aromatic carbocycles. The fraction of sp³-hybridized carbons (Fsp3) is 0.800. The van der Waals surface area contributed by atoms with Gasteiger partial charge in [0.1, 0.15) is 6.04 Å². The van der Waals surface area contributed by atoms with Gasteiger partial charge in [0.25, 0.3) is 0 Å². The van der Waals surface area contributed by atoms with Crippen molar-refractivity contribution in [2.75, 3.05) is 6.54 Å². The lowest BCUT2D eigenvalue weighted by molar-refractivity contribution is -0.130. The number of amides is 2. The predicted octanol–water partition coefficient (Wildman–Crippen LogP) is -1.18. The highest BCUT2D eigenvalue weighted by atomic mass is 16.2. The summed E-state index contributed by atoms with van der Waals surface area (Å²) in [5, 5.41) is 2.54. The first-order valence-corrected chi connectivity index (χ1v) is 5.38. The Labute approximate surface area is 95.9 Å². The van der Waals surface area contributed by atoms with Crippen molar-refractivity contribution in [2.45, 2.75) is 44.7 Å². The third-order valence-electron chi connectivity index (χ3n) is 2.18. The van der Waals surface area contributed by atoms with Crippen molar-refractivity contribution in [3.8, 4) is 0 Å². The first kappa shape index (κ1) is 14.9. The van der Waals surface area contributed by atoms with Gasteiger partial charge in [0, 0.05) is 0 Å². The Morgan fingerprint density at radius 1 is 1.31 bits per heavy atom. The van der Waals surface area contributed by atoms with E-state index in [4.69, 9.17) is 17.2 Å². The number of carbonyl (C=O) groups excluding carboxylic acids is 2. The average Bonchev–Trinajstić information content (AvgIpc) is 2.14. The molecule has 1 atom stereocenters. The first-order chi connectivity index (χ1) is 7.29. The van der Waals surface area contributed by atoms with Gasteiger partial charge >= 0.3 is 0 Å². The molecule has 6 heteroatoms. The number of unbranched alkanes of at least 4 members (excludes halogenated alkanes) is 1. The summed E-state index contributed by atoms with van der Waals surface area (Å²) >= 11 is 0. The number of carbonyl (C=O) groups is 2. The van der Waals surface area contributed by atoms with Crippen molar-refractivity contribution in [3.63, 3.8) is 0 Å². The second-order valence-electron chi connectivity index (χ2n) is 4.43. The summed E-state index contributed by atoms with van der Waals surface area (Å²) < 4.78 is 0. The smallest absolute Gasteiger partial charge is 0.240 e. The van der Waals surface area contributed by atoms with Crippen LogP contribution in [-0.4, -0.2) is 29.9 Å². The lowest BCUT2D eigenvalue weighted by Crippen LogP contribution is -2.55. The molecule has 0 spiro atoms. The molecule has 0 heterocycles. The van der Waals surface area contributed by atoms with E-state index in [0.29, 0.717) is 13.0 Å². The predicted molar refractivity (Wildman–Crippen MR) is 62.3 cm³/mol. The van der Waals surface area contributed by atoms with Crippen LogP contribution in [0.4, 0.5) is 0 Å². The Balaban J connectivity index is 4.24. The number of hydrogen-bond donors (Lipinski definition) is 4. The van der Waals surface area contributed by atoms with E-state index in [-0.39, 0.29) is 5.91 Å². The zero-order valence-corrected chi connectivity index (χ0v) is 9.95. The topological polar surface area (TPSA) is 124 Å². The summed E-state index contributed by atoms with van der Waals surface area (Å²) in [6.07, 6.45) is 2.04. The lowest BCUT2D eigenvalue weighted by Gasteiger charge is -2.22. The quantitative estimate of drug-likeness (QED) is 0.411. The second kappa shape index (κ2) is 6.44. The molecule has 0 aromatic rings. The van der Waals surface area contributed by atoms with E-state index < -0.39 is 17.5 Å². The van der Waals surface area contributed by atoms with Gasteiger partial charge in [-0.05, 0) is 39.7 Å². The fourth-order valence-corrected chi connectivity index (χ4v) is 1.12. The van der Waals surface area contributed by atoms with Crippen LogP contribution in [0.2, 0.25) is 0 Å². The molecular weight excluding hydrogens is 208 g/mol. The van der Waals surface area contributed by atoms with Crippen LogP contribution in [0.15, 0.2) is 0 Å². The maximum atomic E-state index is 11.5. The molecule has 0 aliphatic carbocycles. The minimum Gasteiger partial charge on any atom is -0.368 e. The monoisotopic (exact) mass is 230 g/mol. The first-order valence-electron chi connectivity index (χ1n) is 5.38. The third-order valence-corrected chi connectivity index (χ3v) is 2.18. The molecule has 0 unspecified atom stereocenters. The van der Waals surface area contributed by atoms with Crippen molar-refractivity contribution < 1.29 is 9.59 Å². The zero-order chi connectivity index (χ0) is 12.8. The summed E-state index contributed by atoms with van der Waals surface area (Å²) in [7, 11) is 0. The van der Waals surface area contributed by atoms with Crippen molar-refractivity contribution in [2.24, 2.45) is 17.2 Å². The van der Waals surface area contributed by atoms with Gasteiger partial charge in [-0.25, -0.2) is 0 Å². The Morgan fingerprint density at radius 2 is 1.88 bits per heavy atom. The van der Waals surface area contributed by atoms with E-state index in [1.54, 1.807) is 13.8 Å². The Bertz CT molecular complexity index is 248. The Kier molecular flexibility index (Phi) is 5.98. The van der Waals surface area contributed by atoms with Crippen molar-refractivity contribution >= 4 is 11.8 Å². The van der Waals surface area contributed by atoms with E-state index in [0.717, 1.165) is 12.8 Å². The third kappa shape index (κ3) is 5.67. The van der Waals surface area contributed by atoms with E-state index in [2.05, 4.69) is 5.32 Å². The molecule has 0 fully saturated rings. The molecular formula is C10H22N4O2. The SMILES string of the molecule is CC(C)(N)C(=O)N[C@@H](CCCCN)C(N)=O. The van der Waals surface area contributed by atoms with E-state index in [1.165, 1.54) is 0 Å². The van der Waals surface area contributed by atoms with Gasteiger partial charge in [-0.1, -0.05) is 0 Å². The van der Waals surface area contributed by atoms with Crippen molar-refractivity contribution in [1.29, 1.82) is 0 Å². The minimum atomic E-state index is -1.01. The van der Waals surface area contributed by atoms with Crippen molar-refractivity contribution in [3.05, 3.63) is 0 Å². The molecule has 0 bridgehead atoms. The molecule has 0 radical (unpaired) electrons. The van der Waals surface area contributed by atoms with E-state index in [1.807, 2.05) is 0 Å². The van der Waals surface area contributed by atoms with Crippen LogP contribution in [0.3, 0.4) is 0 Å². The summed E-state index contributed by atoms with van der Waals surface area (Å²) in [5.41, 5.74) is 15.1. The van der Waals surface area contributed by atoms with Crippen LogP contribution in [0.25, 0.3) is 0 Å². The van der Waals surface area contributed by atoms with Gasteiger partial charge in [0.05, 0.1) is 5.54 Å². The lowest BCUT2D eigenvalue weighted by atomic mass is 10.0. The largest absolute Gasteiger partial charge is 0.368 e. The number of nitrogens with one attached hydrogen (secondary N) is 1. The van der Waals surface area contributed by atoms with Gasteiger partial charge in [-0.3, -0.25) is 9.59 Å². The summed E-state index contributed by atoms with van der Waals surface area (Å²) in [6.45, 7) is 3.70. The molecule has 0 rings (SSSR count). The highest BCUT2D eigenvalue weighted by Crippen LogP contribution is 2.03. The number of hydrogen-bond acceptors (Lipinski definition) is 4. The number of nitrogens with two attached hydrogens (primary N) is 3. The maximum Gasteiger partial charge on any atom is 0.240 e. The normalized spacial score (nSPS) is 13.2. The fourth-order valence-electron chi connectivity index (χ4n) is 1.12. The summed E-state index contributed by atoms with van der Waals surface area (Å²) in [5.74, 6) is -0.932. The number of primary amides is 1. The number of rotatable bonds is 7. The standard InChI is InChI=1S/C10H22N4O2/c1-10(2,13)9(16)14-7(8(12)15)5-3-4-6-11/h7H,3-6,11,13H2,1-2H3,(H2,12,15)(H,14,16)/t7-/m0/s1. The second-order valence-corrected chi connectivity index (χ2v) is 4.43. The molecule has 16 heavy (non-hydrogen) atoms. The van der Waals surface area contributed by atoms with Gasteiger partial charge < -0.3 is 22.5 Å². The van der Waals surface area contributed by atoms with E-state index in [9.17, 15) is 9.59 Å². The molecule has 0 aliphatic rings. The van der Waals surface area contributed by atoms with Crippen LogP contribution >= 0.6 is 0 Å². The van der Waals surface area contributed by atoms with Gasteiger partial charge in [0.2, 0.25) is 11.8 Å². The summed E-state index contributed by atoms with van der Waals surface area (Å²) in [6, 6.07) is -0.665. The molecule has 0 aromatic heterocycles. The molecule has 7 N–H and O–H groups in total. The van der Waals surface area contributed by atoms with Crippen molar-refractivity contribution in [1.82, 2.24) is 5.32 Å². The Morgan fingerprint density at radius 3 is 2.25 bits per heavy atom. The molecule has 0 saturated heterocycles. The van der Waals surface area contributed by atoms with Crippen LogP contribution < -0.4 is 22.5 Å². The molecule has 0 saturated carbocycles. The molecule has 2 amide bonds. The molecule has 94 valence electrons. The minimum absolute atomic E-state index is 0.385. The average molecular weight is 230 g/mol. The van der Waals surface area contributed by atoms with Crippen LogP contribution in [0.1, 0.15) is 33.1 Å². The highest BCUT2D eigenvalue weighted by Gasteiger charge is 2.26. The van der Waals surface area contributed by atoms with Gasteiger partial charge in [0.15, 0.2) is 0 Å².